The molecule has 138 valence electrons. The van der Waals surface area contributed by atoms with Gasteiger partial charge in [-0.3, -0.25) is 4.79 Å². The summed E-state index contributed by atoms with van der Waals surface area (Å²) in [5, 5.41) is 16.0. The van der Waals surface area contributed by atoms with Crippen molar-refractivity contribution in [2.75, 3.05) is 11.1 Å². The molecule has 1 amide bonds. The van der Waals surface area contributed by atoms with Gasteiger partial charge in [-0.25, -0.2) is 4.68 Å². The van der Waals surface area contributed by atoms with Gasteiger partial charge in [0.2, 0.25) is 5.91 Å². The van der Waals surface area contributed by atoms with E-state index in [2.05, 4.69) is 20.8 Å². The number of carbonyl (C=O) groups is 1. The van der Waals surface area contributed by atoms with Gasteiger partial charge in [-0.05, 0) is 65.7 Å². The maximum Gasteiger partial charge on any atom is 0.234 e. The highest BCUT2D eigenvalue weighted by Crippen LogP contribution is 2.36. The monoisotopic (exact) mass is 419 g/mol. The Balaban J connectivity index is 1.37. The van der Waals surface area contributed by atoms with Crippen LogP contribution in [0.1, 0.15) is 18.9 Å². The number of hydrogen-bond donors (Lipinski definition) is 1. The Morgan fingerprint density at radius 3 is 2.70 bits per heavy atom. The zero-order valence-corrected chi connectivity index (χ0v) is 16.4. The Bertz CT molecular complexity index is 972. The van der Waals surface area contributed by atoms with Gasteiger partial charge in [-0.2, -0.15) is 0 Å². The average molecular weight is 420 g/mol. The van der Waals surface area contributed by atoms with Crippen LogP contribution in [0.2, 0.25) is 10.0 Å². The molecule has 27 heavy (non-hydrogen) atoms. The molecular formula is C18H15Cl2N5OS. The van der Waals surface area contributed by atoms with E-state index < -0.39 is 0 Å². The van der Waals surface area contributed by atoms with Gasteiger partial charge in [0.15, 0.2) is 5.82 Å². The molecule has 0 spiro atoms. The van der Waals surface area contributed by atoms with Gasteiger partial charge in [-0.1, -0.05) is 23.2 Å². The fourth-order valence-corrected chi connectivity index (χ4v) is 3.87. The van der Waals surface area contributed by atoms with Crippen molar-refractivity contribution in [3.8, 4) is 11.4 Å². The predicted molar refractivity (Wildman–Crippen MR) is 107 cm³/mol. The first kappa shape index (κ1) is 18.3. The van der Waals surface area contributed by atoms with E-state index in [1.165, 1.54) is 11.8 Å². The zero-order chi connectivity index (χ0) is 18.8. The number of carbonyl (C=O) groups excluding carboxylic acids is 1. The van der Waals surface area contributed by atoms with Crippen molar-refractivity contribution in [1.29, 1.82) is 0 Å². The van der Waals surface area contributed by atoms with E-state index in [0.29, 0.717) is 21.8 Å². The number of nitrogens with zero attached hydrogens (tertiary/aromatic N) is 4. The summed E-state index contributed by atoms with van der Waals surface area (Å²) in [6, 6.07) is 13.1. The number of tetrazole rings is 1. The van der Waals surface area contributed by atoms with Crippen LogP contribution in [-0.4, -0.2) is 31.9 Å². The molecule has 1 aromatic heterocycles. The molecule has 2 aromatic carbocycles. The molecule has 0 atom stereocenters. The van der Waals surface area contributed by atoms with Crippen molar-refractivity contribution in [2.45, 2.75) is 23.8 Å². The summed E-state index contributed by atoms with van der Waals surface area (Å²) >= 11 is 13.4. The van der Waals surface area contributed by atoms with Gasteiger partial charge in [0.1, 0.15) is 0 Å². The maximum absolute atomic E-state index is 12.2. The van der Waals surface area contributed by atoms with Gasteiger partial charge >= 0.3 is 0 Å². The molecule has 1 heterocycles. The molecule has 1 aliphatic rings. The van der Waals surface area contributed by atoms with E-state index in [9.17, 15) is 4.79 Å². The van der Waals surface area contributed by atoms with Gasteiger partial charge in [0.05, 0.1) is 16.8 Å². The molecule has 1 fully saturated rings. The van der Waals surface area contributed by atoms with Crippen LogP contribution < -0.4 is 5.32 Å². The number of halogens is 2. The Labute approximate surface area is 170 Å². The lowest BCUT2D eigenvalue weighted by atomic mass is 10.2. The molecular weight excluding hydrogens is 405 g/mol. The van der Waals surface area contributed by atoms with Gasteiger partial charge < -0.3 is 5.32 Å². The minimum Gasteiger partial charge on any atom is -0.325 e. The minimum atomic E-state index is -0.119. The fraction of sp³-hybridized carbons (Fsp3) is 0.222. The fourth-order valence-electron chi connectivity index (χ4n) is 2.58. The van der Waals surface area contributed by atoms with Gasteiger partial charge in [0.25, 0.3) is 0 Å². The van der Waals surface area contributed by atoms with E-state index >= 15 is 0 Å². The third kappa shape index (κ3) is 4.43. The summed E-state index contributed by atoms with van der Waals surface area (Å²) in [6.45, 7) is 0. The molecule has 0 aliphatic heterocycles. The lowest BCUT2D eigenvalue weighted by molar-refractivity contribution is -0.113. The summed E-state index contributed by atoms with van der Waals surface area (Å²) in [7, 11) is 0. The third-order valence-electron chi connectivity index (χ3n) is 4.06. The first-order valence-corrected chi connectivity index (χ1v) is 10.1. The smallest absolute Gasteiger partial charge is 0.234 e. The number of amides is 1. The van der Waals surface area contributed by atoms with Crippen LogP contribution in [0.5, 0.6) is 0 Å². The standard InChI is InChI=1S/C18H15Cl2N5OS/c19-12-3-8-15(20)16(9-12)27-10-17(26)21-13-4-1-11(2-5-13)18-22-23-24-25(18)14-6-7-14/h1-5,8-9,14H,6-7,10H2,(H,21,26). The number of benzene rings is 2. The largest absolute Gasteiger partial charge is 0.325 e. The number of hydrogen-bond acceptors (Lipinski definition) is 5. The Morgan fingerprint density at radius 1 is 1.19 bits per heavy atom. The van der Waals surface area contributed by atoms with E-state index in [1.807, 2.05) is 28.9 Å². The highest BCUT2D eigenvalue weighted by atomic mass is 35.5. The summed E-state index contributed by atoms with van der Waals surface area (Å²) in [6.07, 6.45) is 2.22. The second kappa shape index (κ2) is 7.88. The van der Waals surface area contributed by atoms with Gasteiger partial charge in [-0.15, -0.1) is 16.9 Å². The number of anilines is 1. The molecule has 0 saturated heterocycles. The quantitative estimate of drug-likeness (QED) is 0.585. The predicted octanol–water partition coefficient (Wildman–Crippen LogP) is 4.71. The lowest BCUT2D eigenvalue weighted by Gasteiger charge is -2.08. The molecule has 3 aromatic rings. The van der Waals surface area contributed by atoms with Crippen LogP contribution in [0.25, 0.3) is 11.4 Å². The van der Waals surface area contributed by atoms with Crippen LogP contribution in [0.15, 0.2) is 47.4 Å². The molecule has 6 nitrogen and oxygen atoms in total. The van der Waals surface area contributed by atoms with Crippen molar-refractivity contribution in [1.82, 2.24) is 20.2 Å². The first-order chi connectivity index (χ1) is 13.1. The van der Waals surface area contributed by atoms with Crippen molar-refractivity contribution < 1.29 is 4.79 Å². The zero-order valence-electron chi connectivity index (χ0n) is 14.1. The van der Waals surface area contributed by atoms with Crippen molar-refractivity contribution in [3.05, 3.63) is 52.5 Å². The minimum absolute atomic E-state index is 0.119. The molecule has 0 unspecified atom stereocenters. The molecule has 1 N–H and O–H groups in total. The van der Waals surface area contributed by atoms with E-state index in [-0.39, 0.29) is 11.7 Å². The molecule has 4 rings (SSSR count). The molecule has 9 heteroatoms. The Morgan fingerprint density at radius 2 is 1.96 bits per heavy atom. The number of nitrogens with one attached hydrogen (secondary N) is 1. The van der Waals surface area contributed by atoms with Crippen LogP contribution in [0, 0.1) is 0 Å². The second-order valence-electron chi connectivity index (χ2n) is 6.17. The van der Waals surface area contributed by atoms with Crippen LogP contribution >= 0.6 is 35.0 Å². The molecule has 0 bridgehead atoms. The topological polar surface area (TPSA) is 72.7 Å². The summed E-state index contributed by atoms with van der Waals surface area (Å²) < 4.78 is 1.86. The highest BCUT2D eigenvalue weighted by molar-refractivity contribution is 8.00. The van der Waals surface area contributed by atoms with Crippen LogP contribution in [0.4, 0.5) is 5.69 Å². The van der Waals surface area contributed by atoms with Crippen molar-refractivity contribution in [2.24, 2.45) is 0 Å². The Hall–Kier alpha value is -2.09. The molecule has 1 saturated carbocycles. The molecule has 1 aliphatic carbocycles. The lowest BCUT2D eigenvalue weighted by Crippen LogP contribution is -2.13. The third-order valence-corrected chi connectivity index (χ3v) is 5.80. The summed E-state index contributed by atoms with van der Waals surface area (Å²) in [5.41, 5.74) is 1.64. The molecule has 0 radical (unpaired) electrons. The van der Waals surface area contributed by atoms with Crippen molar-refractivity contribution >= 4 is 46.6 Å². The normalized spacial score (nSPS) is 13.6. The SMILES string of the molecule is O=C(CSc1cc(Cl)ccc1Cl)Nc1ccc(-c2nnnn2C2CC2)cc1. The summed E-state index contributed by atoms with van der Waals surface area (Å²) in [5.74, 6) is 0.870. The number of rotatable bonds is 6. The summed E-state index contributed by atoms with van der Waals surface area (Å²) in [4.78, 5) is 13.0. The maximum atomic E-state index is 12.2. The number of thioether (sulfide) groups is 1. The van der Waals surface area contributed by atoms with E-state index in [4.69, 9.17) is 23.2 Å². The average Bonchev–Trinajstić information content (AvgIpc) is 3.40. The highest BCUT2D eigenvalue weighted by Gasteiger charge is 2.28. The Kier molecular flexibility index (Phi) is 5.33. The second-order valence-corrected chi connectivity index (χ2v) is 8.03. The first-order valence-electron chi connectivity index (χ1n) is 8.36. The van der Waals surface area contributed by atoms with E-state index in [0.717, 1.165) is 29.1 Å². The van der Waals surface area contributed by atoms with Crippen LogP contribution in [-0.2, 0) is 4.79 Å². The van der Waals surface area contributed by atoms with Gasteiger partial charge in [0, 0.05) is 21.2 Å². The van der Waals surface area contributed by atoms with Crippen molar-refractivity contribution in [3.63, 3.8) is 0 Å². The number of aromatic nitrogens is 4. The van der Waals surface area contributed by atoms with Crippen LogP contribution in [0.3, 0.4) is 0 Å². The van der Waals surface area contributed by atoms with E-state index in [1.54, 1.807) is 18.2 Å².